The molecule has 0 aliphatic carbocycles. The van der Waals surface area contributed by atoms with E-state index in [0.717, 1.165) is 29.8 Å². The van der Waals surface area contributed by atoms with Crippen molar-refractivity contribution >= 4 is 28.8 Å². The first-order chi connectivity index (χ1) is 16.7. The van der Waals surface area contributed by atoms with Gasteiger partial charge in [0.25, 0.3) is 0 Å². The van der Waals surface area contributed by atoms with Gasteiger partial charge in [-0.25, -0.2) is 14.6 Å². The van der Waals surface area contributed by atoms with Crippen molar-refractivity contribution in [3.8, 4) is 11.5 Å². The number of carbonyl (C=O) groups excluding carboxylic acids is 2. The molecule has 1 aromatic carbocycles. The van der Waals surface area contributed by atoms with Gasteiger partial charge in [0.2, 0.25) is 0 Å². The summed E-state index contributed by atoms with van der Waals surface area (Å²) >= 11 is 0. The van der Waals surface area contributed by atoms with Gasteiger partial charge in [-0.2, -0.15) is 0 Å². The van der Waals surface area contributed by atoms with Crippen molar-refractivity contribution in [2.75, 3.05) is 38.2 Å². The van der Waals surface area contributed by atoms with E-state index in [1.807, 2.05) is 56.1 Å². The molecule has 4 heterocycles. The number of esters is 1. The number of benzene rings is 1. The third kappa shape index (κ3) is 4.76. The Balaban J connectivity index is 1.33. The molecule has 2 aromatic heterocycles. The van der Waals surface area contributed by atoms with Gasteiger partial charge in [0.1, 0.15) is 28.3 Å². The van der Waals surface area contributed by atoms with E-state index in [2.05, 4.69) is 14.9 Å². The van der Waals surface area contributed by atoms with Gasteiger partial charge < -0.3 is 29.0 Å². The van der Waals surface area contributed by atoms with Crippen LogP contribution < -0.4 is 9.64 Å². The summed E-state index contributed by atoms with van der Waals surface area (Å²) in [6.07, 6.45) is 3.19. The summed E-state index contributed by atoms with van der Waals surface area (Å²) in [5, 5.41) is 0.917. The normalized spacial score (nSPS) is 19.7. The quantitative estimate of drug-likeness (QED) is 0.554. The van der Waals surface area contributed by atoms with E-state index in [9.17, 15) is 9.59 Å². The Bertz CT molecular complexity index is 1250. The van der Waals surface area contributed by atoms with E-state index in [1.54, 1.807) is 12.3 Å². The second kappa shape index (κ2) is 8.79. The number of methoxy groups -OCH3 is 1. The number of fused-ring (bicyclic) bond motifs is 2. The summed E-state index contributed by atoms with van der Waals surface area (Å²) in [7, 11) is 1.35. The molecule has 35 heavy (non-hydrogen) atoms. The third-order valence-corrected chi connectivity index (χ3v) is 6.48. The smallest absolute Gasteiger partial charge is 0.410 e. The predicted molar refractivity (Wildman–Crippen MR) is 131 cm³/mol. The predicted octanol–water partition coefficient (Wildman–Crippen LogP) is 4.44. The lowest BCUT2D eigenvalue weighted by Gasteiger charge is -2.26. The van der Waals surface area contributed by atoms with E-state index in [4.69, 9.17) is 14.2 Å². The molecular weight excluding hydrogens is 448 g/mol. The Kier molecular flexibility index (Phi) is 5.78. The maximum Gasteiger partial charge on any atom is 0.410 e. The van der Waals surface area contributed by atoms with E-state index >= 15 is 0 Å². The van der Waals surface area contributed by atoms with Crippen LogP contribution in [0.4, 0.5) is 10.5 Å². The van der Waals surface area contributed by atoms with Crippen LogP contribution in [0.15, 0.2) is 42.7 Å². The van der Waals surface area contributed by atoms with E-state index in [1.165, 1.54) is 7.11 Å². The number of hydrogen-bond acceptors (Lipinski definition) is 7. The topological polar surface area (TPSA) is 97.0 Å². The van der Waals surface area contributed by atoms with Crippen molar-refractivity contribution in [1.82, 2.24) is 14.9 Å². The van der Waals surface area contributed by atoms with Gasteiger partial charge in [-0.1, -0.05) is 0 Å². The van der Waals surface area contributed by atoms with E-state index in [0.29, 0.717) is 42.0 Å². The maximum absolute atomic E-state index is 12.5. The molecule has 0 bridgehead atoms. The Morgan fingerprint density at radius 1 is 1.06 bits per heavy atom. The maximum atomic E-state index is 12.5. The van der Waals surface area contributed by atoms with Crippen LogP contribution in [0, 0.1) is 11.8 Å². The SMILES string of the molecule is COC(=O)c1ccc(N2CC3CN(C(=O)OC(C)(C)C)CC3C2)cc1Oc1cnc2[nH]ccc2c1. The van der Waals surface area contributed by atoms with Crippen LogP contribution in [0.25, 0.3) is 11.0 Å². The lowest BCUT2D eigenvalue weighted by atomic mass is 10.0. The number of carbonyl (C=O) groups is 2. The highest BCUT2D eigenvalue weighted by Crippen LogP contribution is 2.37. The Morgan fingerprint density at radius 2 is 1.80 bits per heavy atom. The second-order valence-corrected chi connectivity index (χ2v) is 10.2. The van der Waals surface area contributed by atoms with Crippen molar-refractivity contribution in [3.63, 3.8) is 0 Å². The third-order valence-electron chi connectivity index (χ3n) is 6.48. The number of likely N-dealkylation sites (tertiary alicyclic amines) is 1. The van der Waals surface area contributed by atoms with Gasteiger partial charge in [-0.15, -0.1) is 0 Å². The molecule has 2 aliphatic heterocycles. The largest absolute Gasteiger partial charge is 0.465 e. The zero-order valence-electron chi connectivity index (χ0n) is 20.4. The molecule has 184 valence electrons. The van der Waals surface area contributed by atoms with Gasteiger partial charge in [-0.05, 0) is 45.0 Å². The Hall–Kier alpha value is -3.75. The van der Waals surface area contributed by atoms with Crippen molar-refractivity contribution in [1.29, 1.82) is 0 Å². The molecule has 9 heteroatoms. The highest BCUT2D eigenvalue weighted by molar-refractivity contribution is 5.93. The molecule has 5 rings (SSSR count). The number of aromatic nitrogens is 2. The summed E-state index contributed by atoms with van der Waals surface area (Å²) in [5.41, 5.74) is 1.57. The number of nitrogens with one attached hydrogen (secondary N) is 1. The number of hydrogen-bond donors (Lipinski definition) is 1. The average molecular weight is 479 g/mol. The molecule has 9 nitrogen and oxygen atoms in total. The molecule has 2 saturated heterocycles. The molecule has 1 amide bonds. The number of H-pyrrole nitrogens is 1. The minimum Gasteiger partial charge on any atom is -0.465 e. The first-order valence-electron chi connectivity index (χ1n) is 11.8. The van der Waals surface area contributed by atoms with Gasteiger partial charge in [-0.3, -0.25) is 0 Å². The van der Waals surface area contributed by atoms with Crippen LogP contribution in [0.3, 0.4) is 0 Å². The van der Waals surface area contributed by atoms with Crippen LogP contribution in [0.5, 0.6) is 11.5 Å². The highest BCUT2D eigenvalue weighted by Gasteiger charge is 2.43. The molecule has 2 aliphatic rings. The van der Waals surface area contributed by atoms with Crippen molar-refractivity contribution < 1.29 is 23.8 Å². The molecule has 0 saturated carbocycles. The minimum atomic E-state index is -0.500. The number of amides is 1. The van der Waals surface area contributed by atoms with Gasteiger partial charge >= 0.3 is 12.1 Å². The lowest BCUT2D eigenvalue weighted by molar-refractivity contribution is 0.0282. The van der Waals surface area contributed by atoms with Crippen LogP contribution in [-0.2, 0) is 9.47 Å². The molecule has 2 fully saturated rings. The Morgan fingerprint density at radius 3 is 2.49 bits per heavy atom. The average Bonchev–Trinajstić information content (AvgIpc) is 3.52. The van der Waals surface area contributed by atoms with E-state index < -0.39 is 11.6 Å². The molecule has 2 atom stereocenters. The summed E-state index contributed by atoms with van der Waals surface area (Å²) < 4.78 is 16.6. The first-order valence-corrected chi connectivity index (χ1v) is 11.8. The zero-order chi connectivity index (χ0) is 24.7. The standard InChI is InChI=1S/C26H30N4O5/c1-26(2,3)35-25(32)30-14-17-12-29(13-18(17)15-30)19-5-6-21(24(31)33-4)22(10-19)34-20-9-16-7-8-27-23(16)28-11-20/h5-11,17-18H,12-15H2,1-4H3,(H,27,28). The number of anilines is 1. The monoisotopic (exact) mass is 478 g/mol. The van der Waals surface area contributed by atoms with Crippen LogP contribution >= 0.6 is 0 Å². The summed E-state index contributed by atoms with van der Waals surface area (Å²) in [6.45, 7) is 8.65. The number of aromatic amines is 1. The van der Waals surface area contributed by atoms with Crippen LogP contribution in [0.1, 0.15) is 31.1 Å². The van der Waals surface area contributed by atoms with Crippen LogP contribution in [0.2, 0.25) is 0 Å². The highest BCUT2D eigenvalue weighted by atomic mass is 16.6. The first kappa shape index (κ1) is 23.0. The minimum absolute atomic E-state index is 0.246. The molecule has 0 radical (unpaired) electrons. The van der Waals surface area contributed by atoms with E-state index in [-0.39, 0.29) is 6.09 Å². The molecule has 1 N–H and O–H groups in total. The summed E-state index contributed by atoms with van der Waals surface area (Å²) in [6, 6.07) is 9.31. The number of nitrogens with zero attached hydrogens (tertiary/aromatic N) is 3. The summed E-state index contributed by atoms with van der Waals surface area (Å²) in [4.78, 5) is 36.4. The van der Waals surface area contributed by atoms with Crippen molar-refractivity contribution in [3.05, 3.63) is 48.3 Å². The number of pyridine rings is 1. The lowest BCUT2D eigenvalue weighted by Crippen LogP contribution is -2.37. The fraction of sp³-hybridized carbons (Fsp3) is 0.423. The molecule has 0 spiro atoms. The number of ether oxygens (including phenoxy) is 3. The second-order valence-electron chi connectivity index (χ2n) is 10.2. The van der Waals surface area contributed by atoms with Gasteiger partial charge in [0.05, 0.1) is 13.3 Å². The zero-order valence-corrected chi connectivity index (χ0v) is 20.4. The van der Waals surface area contributed by atoms with Crippen molar-refractivity contribution in [2.45, 2.75) is 26.4 Å². The molecule has 3 aromatic rings. The molecule has 2 unspecified atom stereocenters. The van der Waals surface area contributed by atoms with Crippen molar-refractivity contribution in [2.24, 2.45) is 11.8 Å². The Labute approximate surface area is 204 Å². The van der Waals surface area contributed by atoms with Gasteiger partial charge in [0, 0.05) is 61.4 Å². The number of rotatable bonds is 4. The fourth-order valence-electron chi connectivity index (χ4n) is 4.85. The van der Waals surface area contributed by atoms with Crippen LogP contribution in [-0.4, -0.2) is 65.8 Å². The van der Waals surface area contributed by atoms with Gasteiger partial charge in [0.15, 0.2) is 0 Å². The fourth-order valence-corrected chi connectivity index (χ4v) is 4.85. The summed E-state index contributed by atoms with van der Waals surface area (Å²) in [5.74, 6) is 1.22. The molecular formula is C26H30N4O5.